The van der Waals surface area contributed by atoms with Gasteiger partial charge in [0, 0.05) is 18.8 Å². The van der Waals surface area contributed by atoms with E-state index < -0.39 is 35.7 Å². The third-order valence-electron chi connectivity index (χ3n) is 8.45. The zero-order chi connectivity index (χ0) is 42.0. The second-order valence-electron chi connectivity index (χ2n) is 12.6. The highest BCUT2D eigenvalue weighted by Gasteiger charge is 2.22. The molecule has 57 heavy (non-hydrogen) atoms. The Balaban J connectivity index is 1.90. The topological polar surface area (TPSA) is 230 Å². The van der Waals surface area contributed by atoms with Gasteiger partial charge in [0.2, 0.25) is 0 Å². The lowest BCUT2D eigenvalue weighted by molar-refractivity contribution is -0.152. The van der Waals surface area contributed by atoms with Gasteiger partial charge in [0.1, 0.15) is 35.2 Å². The lowest BCUT2D eigenvalue weighted by Crippen LogP contribution is -2.32. The number of anilines is 3. The number of allylic oxidation sites excluding steroid dienone is 4. The Morgan fingerprint density at radius 2 is 1.28 bits per heavy atom. The van der Waals surface area contributed by atoms with Crippen molar-refractivity contribution in [2.24, 2.45) is 11.8 Å². The first-order valence-electron chi connectivity index (χ1n) is 18.5. The normalized spacial score (nSPS) is 12.1. The Bertz CT molecular complexity index is 1750. The molecule has 1 heterocycles. The van der Waals surface area contributed by atoms with Crippen LogP contribution in [0, 0.1) is 48.3 Å². The van der Waals surface area contributed by atoms with Crippen molar-refractivity contribution in [2.45, 2.75) is 53.4 Å². The summed E-state index contributed by atoms with van der Waals surface area (Å²) in [5, 5.41) is 38.1. The number of aryl methyl sites for hydroxylation is 1. The van der Waals surface area contributed by atoms with Gasteiger partial charge in [-0.1, -0.05) is 24.3 Å². The van der Waals surface area contributed by atoms with Gasteiger partial charge in [0.05, 0.1) is 75.6 Å². The van der Waals surface area contributed by atoms with Crippen LogP contribution < -0.4 is 15.8 Å². The summed E-state index contributed by atoms with van der Waals surface area (Å²) >= 11 is 1.20. The van der Waals surface area contributed by atoms with Crippen molar-refractivity contribution in [1.82, 2.24) is 0 Å². The molecule has 0 amide bonds. The van der Waals surface area contributed by atoms with Gasteiger partial charge in [0.15, 0.2) is 0 Å². The van der Waals surface area contributed by atoms with Gasteiger partial charge in [-0.05, 0) is 69.9 Å². The number of carboxylic acid groups (broad SMARTS) is 2. The molecule has 1 aromatic carbocycles. The SMILES string of the molecule is C/C=C/CC(CC(=O)OCCOCCOCCN(CCOCCOC(=O)CC(C/C=C/C)C(=O)O)c1ccc(NNc2sc(C#N)c(C)c2C#N)c(C)c1)C(=O)O. The predicted octanol–water partition coefficient (Wildman–Crippen LogP) is 5.60. The van der Waals surface area contributed by atoms with Crippen molar-refractivity contribution in [3.8, 4) is 12.1 Å². The molecule has 16 nitrogen and oxygen atoms in total. The molecule has 0 bridgehead atoms. The summed E-state index contributed by atoms with van der Waals surface area (Å²) in [7, 11) is 0. The first-order valence-corrected chi connectivity index (χ1v) is 19.3. The van der Waals surface area contributed by atoms with E-state index in [0.29, 0.717) is 40.7 Å². The summed E-state index contributed by atoms with van der Waals surface area (Å²) in [5.74, 6) is -5.01. The number of esters is 2. The van der Waals surface area contributed by atoms with Gasteiger partial charge in [0.25, 0.3) is 0 Å². The number of benzene rings is 1. The van der Waals surface area contributed by atoms with E-state index in [-0.39, 0.29) is 71.9 Å². The number of ether oxygens (including phenoxy) is 5. The van der Waals surface area contributed by atoms with Crippen LogP contribution in [0.25, 0.3) is 0 Å². The molecular formula is C40H53N5O11S. The minimum absolute atomic E-state index is 0.00570. The molecule has 0 spiro atoms. The number of carbonyl (C=O) groups excluding carboxylic acids is 2. The average molecular weight is 812 g/mol. The highest BCUT2D eigenvalue weighted by Crippen LogP contribution is 2.32. The zero-order valence-electron chi connectivity index (χ0n) is 32.9. The monoisotopic (exact) mass is 811 g/mol. The van der Waals surface area contributed by atoms with Crippen molar-refractivity contribution >= 4 is 51.6 Å². The third kappa shape index (κ3) is 17.9. The second-order valence-corrected chi connectivity index (χ2v) is 13.6. The van der Waals surface area contributed by atoms with Crippen LogP contribution in [0.1, 0.15) is 61.1 Å². The van der Waals surface area contributed by atoms with Crippen molar-refractivity contribution in [3.63, 3.8) is 0 Å². The van der Waals surface area contributed by atoms with Gasteiger partial charge < -0.3 is 38.8 Å². The summed E-state index contributed by atoms with van der Waals surface area (Å²) in [6.45, 7) is 9.55. The third-order valence-corrected chi connectivity index (χ3v) is 9.56. The van der Waals surface area contributed by atoms with Crippen LogP contribution in [0.5, 0.6) is 0 Å². The maximum Gasteiger partial charge on any atom is 0.307 e. The summed E-state index contributed by atoms with van der Waals surface area (Å²) in [6.07, 6.45) is 6.89. The standard InChI is InChI=1S/C40H53N5O11S/c1-5-7-9-30(39(48)49)24-36(46)55-21-19-53-16-14-45(13-15-52-17-18-54-20-22-56-37(47)25-31(40(50)51)10-8-6-2)32-11-12-34(28(3)23-32)43-44-38-33(26-41)29(4)35(27-42)57-38/h5-8,11-12,23,30-31,43-44H,9-10,13-22,24-25H2,1-4H3,(H,48,49)(H,50,51)/b7-5+,8-6+. The number of hydrogen-bond acceptors (Lipinski definition) is 15. The molecule has 310 valence electrons. The lowest BCUT2D eigenvalue weighted by atomic mass is 10.0. The van der Waals surface area contributed by atoms with E-state index in [1.807, 2.05) is 25.1 Å². The number of aliphatic carboxylic acids is 2. The van der Waals surface area contributed by atoms with Crippen LogP contribution >= 0.6 is 11.3 Å². The number of hydrogen-bond donors (Lipinski definition) is 4. The maximum absolute atomic E-state index is 12.2. The van der Waals surface area contributed by atoms with E-state index in [2.05, 4.69) is 27.9 Å². The molecule has 2 rings (SSSR count). The van der Waals surface area contributed by atoms with Crippen molar-refractivity contribution in [2.75, 3.05) is 81.7 Å². The molecule has 4 N–H and O–H groups in total. The van der Waals surface area contributed by atoms with Gasteiger partial charge in [-0.2, -0.15) is 10.5 Å². The average Bonchev–Trinajstić information content (AvgIpc) is 3.50. The van der Waals surface area contributed by atoms with Gasteiger partial charge in [-0.15, -0.1) is 11.3 Å². The highest BCUT2D eigenvalue weighted by molar-refractivity contribution is 7.17. The minimum atomic E-state index is -1.06. The number of hydrazine groups is 1. The number of thiophene rings is 1. The molecule has 0 radical (unpaired) electrons. The van der Waals surface area contributed by atoms with Crippen molar-refractivity contribution < 1.29 is 53.1 Å². The summed E-state index contributed by atoms with van der Waals surface area (Å²) in [6, 6.07) is 10.0. The van der Waals surface area contributed by atoms with E-state index >= 15 is 0 Å². The van der Waals surface area contributed by atoms with E-state index in [1.165, 1.54) is 11.3 Å². The van der Waals surface area contributed by atoms with Crippen LogP contribution in [-0.4, -0.2) is 100 Å². The Morgan fingerprint density at radius 3 is 1.74 bits per heavy atom. The fourth-order valence-corrected chi connectivity index (χ4v) is 6.10. The molecule has 0 aliphatic carbocycles. The first-order chi connectivity index (χ1) is 27.4. The molecule has 1 aromatic heterocycles. The fraction of sp³-hybridized carbons (Fsp3) is 0.500. The number of nitrogens with one attached hydrogen (secondary N) is 2. The number of rotatable bonds is 29. The quantitative estimate of drug-likeness (QED) is 0.0339. The molecule has 0 saturated carbocycles. The van der Waals surface area contributed by atoms with E-state index in [4.69, 9.17) is 23.7 Å². The molecule has 0 aliphatic heterocycles. The molecule has 0 fully saturated rings. The highest BCUT2D eigenvalue weighted by atomic mass is 32.1. The largest absolute Gasteiger partial charge is 0.481 e. The Morgan fingerprint density at radius 1 is 0.772 bits per heavy atom. The van der Waals surface area contributed by atoms with Crippen molar-refractivity contribution in [3.05, 3.63) is 64.1 Å². The Labute approximate surface area is 337 Å². The van der Waals surface area contributed by atoms with E-state index in [0.717, 1.165) is 16.9 Å². The molecule has 2 atom stereocenters. The van der Waals surface area contributed by atoms with Gasteiger partial charge in [-0.25, -0.2) is 0 Å². The molecule has 2 unspecified atom stereocenters. The van der Waals surface area contributed by atoms with Crippen LogP contribution in [0.2, 0.25) is 0 Å². The Hall–Kier alpha value is -5.46. The molecule has 0 saturated heterocycles. The predicted molar refractivity (Wildman–Crippen MR) is 214 cm³/mol. The second kappa shape index (κ2) is 27.2. The van der Waals surface area contributed by atoms with Crippen LogP contribution in [-0.2, 0) is 42.9 Å². The number of nitriles is 2. The summed E-state index contributed by atoms with van der Waals surface area (Å²) < 4.78 is 27.3. The molecule has 17 heteroatoms. The first kappa shape index (κ1) is 47.7. The van der Waals surface area contributed by atoms with Gasteiger partial charge in [-0.3, -0.25) is 30.0 Å². The van der Waals surface area contributed by atoms with Crippen LogP contribution in [0.15, 0.2) is 42.5 Å². The molecular weight excluding hydrogens is 759 g/mol. The van der Waals surface area contributed by atoms with E-state index in [9.17, 15) is 39.9 Å². The zero-order valence-corrected chi connectivity index (χ0v) is 33.7. The van der Waals surface area contributed by atoms with E-state index in [1.54, 1.807) is 45.1 Å². The van der Waals surface area contributed by atoms with Crippen LogP contribution in [0.4, 0.5) is 16.4 Å². The number of carboxylic acids is 2. The number of nitrogens with zero attached hydrogens (tertiary/aromatic N) is 3. The minimum Gasteiger partial charge on any atom is -0.481 e. The number of carbonyl (C=O) groups is 4. The Kier molecular flexibility index (Phi) is 22.8. The van der Waals surface area contributed by atoms with Gasteiger partial charge >= 0.3 is 23.9 Å². The summed E-state index contributed by atoms with van der Waals surface area (Å²) in [4.78, 5) is 49.5. The fourth-order valence-electron chi connectivity index (χ4n) is 5.19. The maximum atomic E-state index is 12.2. The summed E-state index contributed by atoms with van der Waals surface area (Å²) in [5.41, 5.74) is 9.75. The van der Waals surface area contributed by atoms with Crippen molar-refractivity contribution in [1.29, 1.82) is 10.5 Å². The smallest absolute Gasteiger partial charge is 0.307 e. The van der Waals surface area contributed by atoms with Crippen LogP contribution in [0.3, 0.4) is 0 Å². The lowest BCUT2D eigenvalue weighted by Gasteiger charge is -2.26. The molecule has 0 aliphatic rings. The molecule has 2 aromatic rings.